The third kappa shape index (κ3) is 4.82. The highest BCUT2D eigenvalue weighted by Gasteiger charge is 2.11. The number of aromatic nitrogens is 3. The molecule has 3 rings (SSSR count). The monoisotopic (exact) mass is 361 g/mol. The van der Waals surface area contributed by atoms with Gasteiger partial charge in [0.2, 0.25) is 5.95 Å². The number of anilines is 3. The molecule has 5 heteroatoms. The van der Waals surface area contributed by atoms with Gasteiger partial charge in [0.25, 0.3) is 0 Å². The van der Waals surface area contributed by atoms with Crippen LogP contribution in [0.1, 0.15) is 36.5 Å². The number of para-hydroxylation sites is 1. The largest absolute Gasteiger partial charge is 0.359 e. The van der Waals surface area contributed by atoms with Crippen molar-refractivity contribution in [3.63, 3.8) is 0 Å². The number of nitrogens with zero attached hydrogens (tertiary/aromatic N) is 4. The molecule has 27 heavy (non-hydrogen) atoms. The number of likely N-dealkylation sites (N-methyl/N-ethyl adjacent to an activating group) is 1. The van der Waals surface area contributed by atoms with E-state index in [1.165, 1.54) is 16.7 Å². The van der Waals surface area contributed by atoms with Gasteiger partial charge in [0.15, 0.2) is 0 Å². The van der Waals surface area contributed by atoms with Crippen molar-refractivity contribution < 1.29 is 0 Å². The number of benzene rings is 1. The molecule has 0 fully saturated rings. The molecule has 0 saturated heterocycles. The molecular weight excluding hydrogens is 334 g/mol. The molecule has 5 nitrogen and oxygen atoms in total. The van der Waals surface area contributed by atoms with Gasteiger partial charge in [-0.3, -0.25) is 4.98 Å². The van der Waals surface area contributed by atoms with Crippen molar-refractivity contribution in [2.24, 2.45) is 0 Å². The van der Waals surface area contributed by atoms with Gasteiger partial charge in [-0.1, -0.05) is 32.0 Å². The molecule has 0 atom stereocenters. The summed E-state index contributed by atoms with van der Waals surface area (Å²) in [5, 5.41) is 3.43. The van der Waals surface area contributed by atoms with Crippen LogP contribution in [0.5, 0.6) is 0 Å². The van der Waals surface area contributed by atoms with E-state index in [9.17, 15) is 0 Å². The van der Waals surface area contributed by atoms with E-state index in [1.54, 1.807) is 6.20 Å². The van der Waals surface area contributed by atoms with Gasteiger partial charge in [-0.15, -0.1) is 0 Å². The normalized spacial score (nSPS) is 10.9. The van der Waals surface area contributed by atoms with Crippen molar-refractivity contribution in [2.75, 3.05) is 23.8 Å². The third-order valence-electron chi connectivity index (χ3n) is 4.68. The Morgan fingerprint density at radius 2 is 1.81 bits per heavy atom. The van der Waals surface area contributed by atoms with Crippen molar-refractivity contribution in [3.05, 3.63) is 71.7 Å². The second kappa shape index (κ2) is 8.62. The lowest BCUT2D eigenvalue weighted by Gasteiger charge is -2.20. The molecule has 140 valence electrons. The molecule has 0 aliphatic heterocycles. The molecule has 0 aliphatic carbocycles. The number of aryl methyl sites for hydroxylation is 1. The Morgan fingerprint density at radius 1 is 1.04 bits per heavy atom. The Hall–Kier alpha value is -2.95. The van der Waals surface area contributed by atoms with Crippen molar-refractivity contribution in [3.8, 4) is 0 Å². The van der Waals surface area contributed by atoms with Crippen LogP contribution in [0.4, 0.5) is 17.5 Å². The fourth-order valence-electron chi connectivity index (χ4n) is 3.04. The van der Waals surface area contributed by atoms with Crippen LogP contribution in [0.25, 0.3) is 0 Å². The van der Waals surface area contributed by atoms with E-state index in [1.807, 2.05) is 30.6 Å². The predicted octanol–water partition coefficient (Wildman–Crippen LogP) is 4.73. The van der Waals surface area contributed by atoms with Crippen molar-refractivity contribution in [2.45, 2.75) is 33.1 Å². The van der Waals surface area contributed by atoms with E-state index < -0.39 is 0 Å². The van der Waals surface area contributed by atoms with Gasteiger partial charge in [-0.05, 0) is 54.2 Å². The highest BCUT2D eigenvalue weighted by molar-refractivity contribution is 5.64. The van der Waals surface area contributed by atoms with Gasteiger partial charge in [-0.2, -0.15) is 4.98 Å². The Kier molecular flexibility index (Phi) is 6.01. The summed E-state index contributed by atoms with van der Waals surface area (Å²) in [6.07, 6.45) is 6.41. The van der Waals surface area contributed by atoms with Gasteiger partial charge in [0.05, 0.1) is 0 Å². The third-order valence-corrected chi connectivity index (χ3v) is 4.68. The minimum atomic E-state index is 0.429. The lowest BCUT2D eigenvalue weighted by Crippen LogP contribution is -2.21. The molecule has 2 heterocycles. The summed E-state index contributed by atoms with van der Waals surface area (Å²) in [4.78, 5) is 15.3. The van der Waals surface area contributed by atoms with Crippen molar-refractivity contribution in [1.82, 2.24) is 15.0 Å². The summed E-state index contributed by atoms with van der Waals surface area (Å²) in [5.74, 6) is 1.96. The van der Waals surface area contributed by atoms with Crippen LogP contribution in [-0.2, 0) is 6.42 Å². The highest BCUT2D eigenvalue weighted by Crippen LogP contribution is 2.29. The molecule has 0 unspecified atom stereocenters. The van der Waals surface area contributed by atoms with Crippen LogP contribution in [0.2, 0.25) is 0 Å². The lowest BCUT2D eigenvalue weighted by molar-refractivity contribution is 0.853. The average Bonchev–Trinajstić information content (AvgIpc) is 2.68. The first-order valence-electron chi connectivity index (χ1n) is 9.34. The highest BCUT2D eigenvalue weighted by atomic mass is 15.2. The summed E-state index contributed by atoms with van der Waals surface area (Å²) >= 11 is 0. The van der Waals surface area contributed by atoms with Crippen LogP contribution in [0, 0.1) is 6.92 Å². The van der Waals surface area contributed by atoms with Gasteiger partial charge < -0.3 is 10.2 Å². The Morgan fingerprint density at radius 3 is 2.56 bits per heavy atom. The molecule has 0 amide bonds. The van der Waals surface area contributed by atoms with E-state index >= 15 is 0 Å². The van der Waals surface area contributed by atoms with Crippen LogP contribution in [0.15, 0.2) is 55.0 Å². The first kappa shape index (κ1) is 18.8. The molecule has 0 bridgehead atoms. The Labute approximate surface area is 161 Å². The molecule has 0 radical (unpaired) electrons. The molecule has 1 aromatic carbocycles. The molecule has 2 aromatic heterocycles. The SMILES string of the molecule is Cc1cccc(C(C)C)c1Nc1nccc(N(C)CCc2ccncc2)n1. The Bertz CT molecular complexity index is 877. The summed E-state index contributed by atoms with van der Waals surface area (Å²) in [6.45, 7) is 7.38. The van der Waals surface area contributed by atoms with Crippen LogP contribution in [-0.4, -0.2) is 28.5 Å². The standard InChI is InChI=1S/C22H27N5/c1-16(2)19-7-5-6-17(3)21(19)26-22-24-14-10-20(25-22)27(4)15-11-18-8-12-23-13-9-18/h5-10,12-14,16H,11,15H2,1-4H3,(H,24,25,26). The van der Waals surface area contributed by atoms with Crippen LogP contribution < -0.4 is 10.2 Å². The minimum Gasteiger partial charge on any atom is -0.359 e. The average molecular weight is 361 g/mol. The molecule has 1 N–H and O–H groups in total. The first-order valence-corrected chi connectivity index (χ1v) is 9.34. The predicted molar refractivity (Wildman–Crippen MR) is 112 cm³/mol. The smallest absolute Gasteiger partial charge is 0.229 e. The van der Waals surface area contributed by atoms with E-state index in [-0.39, 0.29) is 0 Å². The quantitative estimate of drug-likeness (QED) is 0.659. The van der Waals surface area contributed by atoms with Crippen molar-refractivity contribution >= 4 is 17.5 Å². The Balaban J connectivity index is 1.74. The lowest BCUT2D eigenvalue weighted by atomic mass is 9.98. The number of hydrogen-bond acceptors (Lipinski definition) is 5. The molecule has 0 saturated carbocycles. The molecular formula is C22H27N5. The number of rotatable bonds is 7. The molecule has 0 spiro atoms. The summed E-state index contributed by atoms with van der Waals surface area (Å²) in [6, 6.07) is 12.4. The van der Waals surface area contributed by atoms with E-state index in [2.05, 4.69) is 66.2 Å². The van der Waals surface area contributed by atoms with Crippen LogP contribution >= 0.6 is 0 Å². The molecule has 0 aliphatic rings. The second-order valence-electron chi connectivity index (χ2n) is 7.08. The first-order chi connectivity index (χ1) is 13.0. The van der Waals surface area contributed by atoms with Gasteiger partial charge in [-0.25, -0.2) is 4.98 Å². The topological polar surface area (TPSA) is 53.9 Å². The van der Waals surface area contributed by atoms with Crippen molar-refractivity contribution in [1.29, 1.82) is 0 Å². The zero-order chi connectivity index (χ0) is 19.2. The van der Waals surface area contributed by atoms with E-state index in [0.717, 1.165) is 24.5 Å². The number of nitrogens with one attached hydrogen (secondary N) is 1. The number of pyridine rings is 1. The fourth-order valence-corrected chi connectivity index (χ4v) is 3.04. The number of hydrogen-bond donors (Lipinski definition) is 1. The maximum atomic E-state index is 4.71. The van der Waals surface area contributed by atoms with Gasteiger partial charge in [0.1, 0.15) is 5.82 Å². The zero-order valence-corrected chi connectivity index (χ0v) is 16.5. The maximum Gasteiger partial charge on any atom is 0.229 e. The van der Waals surface area contributed by atoms with E-state index in [4.69, 9.17) is 4.98 Å². The second-order valence-corrected chi connectivity index (χ2v) is 7.08. The minimum absolute atomic E-state index is 0.429. The van der Waals surface area contributed by atoms with E-state index in [0.29, 0.717) is 11.9 Å². The maximum absolute atomic E-state index is 4.71. The van der Waals surface area contributed by atoms with Crippen LogP contribution in [0.3, 0.4) is 0 Å². The summed E-state index contributed by atoms with van der Waals surface area (Å²) < 4.78 is 0. The molecule has 3 aromatic rings. The van der Waals surface area contributed by atoms with Gasteiger partial charge >= 0.3 is 0 Å². The fraction of sp³-hybridized carbons (Fsp3) is 0.318. The zero-order valence-electron chi connectivity index (χ0n) is 16.5. The summed E-state index contributed by atoms with van der Waals surface area (Å²) in [5.41, 5.74) is 4.84. The summed E-state index contributed by atoms with van der Waals surface area (Å²) in [7, 11) is 2.06. The van der Waals surface area contributed by atoms with Gasteiger partial charge in [0, 0.05) is 37.9 Å².